The first-order valence-electron chi connectivity index (χ1n) is 0.756. The zero-order chi connectivity index (χ0) is 4.50. The fourth-order valence-electron chi connectivity index (χ4n) is 0. The molecular weight excluding hydrogens is 88.0 g/mol. The first-order chi connectivity index (χ1) is 2.00. The van der Waals surface area contributed by atoms with Gasteiger partial charge in [0.15, 0.2) is 0 Å². The van der Waals surface area contributed by atoms with Gasteiger partial charge >= 0.3 is 6.43 Å². The number of halogens is 4. The number of rotatable bonds is 0. The van der Waals surface area contributed by atoms with Crippen molar-refractivity contribution in [2.75, 3.05) is 0 Å². The molecule has 0 aliphatic rings. The molecule has 0 amide bonds. The minimum absolute atomic E-state index is 5.50. The fourth-order valence-corrected chi connectivity index (χ4v) is 0. The van der Waals surface area contributed by atoms with Crippen LogP contribution in [0.25, 0.3) is 0 Å². The van der Waals surface area contributed by atoms with E-state index in [-0.39, 0.29) is 0 Å². The van der Waals surface area contributed by atoms with Gasteiger partial charge in [-0.3, -0.25) is 0 Å². The zero-order valence-electron chi connectivity index (χ0n) is 2.01. The molecule has 0 aliphatic heterocycles. The molecule has 0 fully saturated rings. The highest BCUT2D eigenvalue weighted by Crippen LogP contribution is 2.13. The van der Waals surface area contributed by atoms with Gasteiger partial charge < -0.3 is 0 Å². The largest absolute Gasteiger partial charge is 0.559 e. The van der Waals surface area contributed by atoms with Crippen molar-refractivity contribution in [2.24, 2.45) is 0 Å². The number of hydrogen-bond donors (Lipinski definition) is 0. The van der Waals surface area contributed by atoms with E-state index in [1.54, 1.807) is 0 Å². The van der Waals surface area contributed by atoms with Gasteiger partial charge in [0.25, 0.3) is 0 Å². The minimum Gasteiger partial charge on any atom is -0.140 e. The van der Waals surface area contributed by atoms with Gasteiger partial charge in [-0.15, -0.1) is 17.6 Å². The van der Waals surface area contributed by atoms with Crippen LogP contribution in [0.3, 0.4) is 0 Å². The molecule has 0 nitrogen and oxygen atoms in total. The molecule has 0 heterocycles. The summed E-state index contributed by atoms with van der Waals surface area (Å²) in [6.45, 7) is 0. The summed E-state index contributed by atoms with van der Waals surface area (Å²) in [5, 5.41) is 0. The summed E-state index contributed by atoms with van der Waals surface area (Å²) in [7, 11) is 0. The Hall–Kier alpha value is -0.280. The van der Waals surface area contributed by atoms with E-state index < -0.39 is 6.43 Å². The van der Waals surface area contributed by atoms with Gasteiger partial charge in [-0.1, -0.05) is 0 Å². The van der Waals surface area contributed by atoms with Crippen molar-refractivity contribution in [1.29, 1.82) is 0 Å². The molecule has 0 spiro atoms. The molecule has 0 radical (unpaired) electrons. The van der Waals surface area contributed by atoms with E-state index in [2.05, 4.69) is 0 Å². The molecule has 0 bridgehead atoms. The van der Waals surface area contributed by atoms with Crippen LogP contribution in [0.15, 0.2) is 0 Å². The Balaban J connectivity index is 3.02. The highest BCUT2D eigenvalue weighted by molar-refractivity contribution is 4.08. The Bertz CT molecular complexity index is 19.1. The van der Waals surface area contributed by atoms with Crippen LogP contribution in [0, 0.1) is 0 Å². The highest BCUT2D eigenvalue weighted by Gasteiger charge is 2.24. The first-order valence-corrected chi connectivity index (χ1v) is 0.756. The maximum Gasteiger partial charge on any atom is 0.559 e. The maximum atomic E-state index is 9.69. The molecule has 32 valence electrons. The lowest BCUT2D eigenvalue weighted by Crippen LogP contribution is -1.92. The minimum atomic E-state index is -5.50. The summed E-state index contributed by atoms with van der Waals surface area (Å²) in [5.41, 5.74) is 0. The molecule has 0 N–H and O–H groups in total. The summed E-state index contributed by atoms with van der Waals surface area (Å²) in [4.78, 5) is 0. The van der Waals surface area contributed by atoms with E-state index in [1.165, 1.54) is 0 Å². The van der Waals surface area contributed by atoms with Gasteiger partial charge in [0, 0.05) is 0 Å². The monoisotopic (exact) mass is 88.0 g/mol. The highest BCUT2D eigenvalue weighted by atomic mass is 19.5. The molecule has 0 unspecified atom stereocenters. The predicted molar refractivity (Wildman–Crippen MR) is 7.16 cm³/mol. The van der Waals surface area contributed by atoms with Gasteiger partial charge in [0.05, 0.1) is 0 Å². The summed E-state index contributed by atoms with van der Waals surface area (Å²) in [6, 6.07) is 0. The summed E-state index contributed by atoms with van der Waals surface area (Å²) in [6.07, 6.45) is -5.50. The Morgan fingerprint density at radius 3 is 0.800 bits per heavy atom. The van der Waals surface area contributed by atoms with Crippen molar-refractivity contribution in [3.8, 4) is 0 Å². The second kappa shape index (κ2) is 0.841. The molecule has 0 aromatic carbocycles. The fraction of sp³-hybridized carbons (Fsp3) is 1.00. The van der Waals surface area contributed by atoms with Crippen LogP contribution in [0.5, 0.6) is 0 Å². The molecule has 0 saturated heterocycles. The van der Waals surface area contributed by atoms with Crippen LogP contribution in [0.4, 0.5) is 17.6 Å². The summed E-state index contributed by atoms with van der Waals surface area (Å²) >= 11 is 0. The third-order valence-corrected chi connectivity index (χ3v) is 0. The first kappa shape index (κ1) is 4.72. The number of hydrogen-bond acceptors (Lipinski definition) is 0. The Morgan fingerprint density at radius 1 is 0.800 bits per heavy atom. The molecule has 0 aromatic heterocycles. The molecule has 0 atom stereocenters. The average molecular weight is 88.0 g/mol. The Labute approximate surface area is 25.4 Å². The van der Waals surface area contributed by atoms with Gasteiger partial charge in [0.2, 0.25) is 0 Å². The van der Waals surface area contributed by atoms with Crippen LogP contribution in [-0.4, -0.2) is 6.43 Å². The third-order valence-electron chi connectivity index (χ3n) is 0. The molecule has 0 saturated carbocycles. The van der Waals surface area contributed by atoms with E-state index in [0.29, 0.717) is 0 Å². The normalized spacial score (nSPS) is 12.0. The van der Waals surface area contributed by atoms with Crippen molar-refractivity contribution in [2.45, 2.75) is 6.43 Å². The van der Waals surface area contributed by atoms with Crippen LogP contribution in [-0.2, 0) is 0 Å². The lowest BCUT2D eigenvalue weighted by molar-refractivity contribution is -0.237. The standard InChI is InChI=1S/CF4/c2-1(3,4)5/i1+0. The molecule has 0 aliphatic carbocycles. The van der Waals surface area contributed by atoms with Crippen LogP contribution in [0.1, 0.15) is 0 Å². The molecule has 4 heteroatoms. The topological polar surface area (TPSA) is 0 Å². The van der Waals surface area contributed by atoms with Crippen molar-refractivity contribution in [3.63, 3.8) is 0 Å². The molecule has 0 aromatic rings. The average Bonchev–Trinajstić information content (AvgIpc) is 0.722. The lowest BCUT2D eigenvalue weighted by atomic mass is 11.5. The van der Waals surface area contributed by atoms with Gasteiger partial charge in [0.1, 0.15) is 0 Å². The van der Waals surface area contributed by atoms with E-state index in [4.69, 9.17) is 0 Å². The third kappa shape index (κ3) is 140. The van der Waals surface area contributed by atoms with Crippen LogP contribution < -0.4 is 0 Å². The molecule has 0 rings (SSSR count). The zero-order valence-corrected chi connectivity index (χ0v) is 2.01. The molecular formula is CF4. The van der Waals surface area contributed by atoms with E-state index in [1.807, 2.05) is 0 Å². The van der Waals surface area contributed by atoms with Gasteiger partial charge in [-0.25, -0.2) is 0 Å². The van der Waals surface area contributed by atoms with E-state index in [0.717, 1.165) is 0 Å². The second-order valence-electron chi connectivity index (χ2n) is 0.429. The van der Waals surface area contributed by atoms with E-state index in [9.17, 15) is 17.6 Å². The smallest absolute Gasteiger partial charge is 0.140 e. The Morgan fingerprint density at radius 2 is 0.800 bits per heavy atom. The SMILES string of the molecule is F[12C](F)(F)F. The van der Waals surface area contributed by atoms with Crippen LogP contribution >= 0.6 is 0 Å². The van der Waals surface area contributed by atoms with Crippen molar-refractivity contribution >= 4 is 0 Å². The van der Waals surface area contributed by atoms with Crippen molar-refractivity contribution < 1.29 is 17.6 Å². The molecule has 5 heavy (non-hydrogen) atoms. The van der Waals surface area contributed by atoms with E-state index >= 15 is 0 Å². The van der Waals surface area contributed by atoms with Gasteiger partial charge in [-0.05, 0) is 0 Å². The second-order valence-corrected chi connectivity index (χ2v) is 0.429. The summed E-state index contributed by atoms with van der Waals surface area (Å²) < 4.78 is 38.8. The van der Waals surface area contributed by atoms with Crippen LogP contribution in [0.2, 0.25) is 0 Å². The van der Waals surface area contributed by atoms with Gasteiger partial charge in [-0.2, -0.15) is 0 Å². The summed E-state index contributed by atoms with van der Waals surface area (Å²) in [5.74, 6) is 0. The van der Waals surface area contributed by atoms with Crippen molar-refractivity contribution in [1.82, 2.24) is 0 Å². The maximum absolute atomic E-state index is 9.69. The lowest BCUT2D eigenvalue weighted by Gasteiger charge is -1.82. The van der Waals surface area contributed by atoms with Crippen molar-refractivity contribution in [3.05, 3.63) is 0 Å². The Kier molecular flexibility index (Phi) is 0.794. The predicted octanol–water partition coefficient (Wildman–Crippen LogP) is 1.48. The number of alkyl halides is 4. The quantitative estimate of drug-likeness (QED) is 0.393.